The molecule has 4 fully saturated rings. The molecular formula is C17H30. The predicted octanol–water partition coefficient (Wildman–Crippen LogP) is 5.28. The Morgan fingerprint density at radius 3 is 1.88 bits per heavy atom. The van der Waals surface area contributed by atoms with E-state index in [1.54, 1.807) is 32.1 Å². The quantitative estimate of drug-likeness (QED) is 0.579. The Hall–Kier alpha value is 0. The van der Waals surface area contributed by atoms with E-state index in [0.717, 1.165) is 23.2 Å². The first-order chi connectivity index (χ1) is 7.76. The van der Waals surface area contributed by atoms with Gasteiger partial charge in [-0.25, -0.2) is 0 Å². The van der Waals surface area contributed by atoms with E-state index in [9.17, 15) is 0 Å². The Kier molecular flexibility index (Phi) is 2.34. The zero-order valence-corrected chi connectivity index (χ0v) is 12.5. The summed E-state index contributed by atoms with van der Waals surface area (Å²) in [6.45, 7) is 12.5. The lowest BCUT2D eigenvalue weighted by molar-refractivity contribution is -0.172. The highest BCUT2D eigenvalue weighted by Crippen LogP contribution is 2.71. The standard InChI is InChI=1S/C17H30/c1-12(2)16-7-13-6-14(8-16)10-17(9-13,11-16)15(3,4)5/h12-14H,6-11H2,1-5H3. The predicted molar refractivity (Wildman–Crippen MR) is 73.8 cm³/mol. The van der Waals surface area contributed by atoms with E-state index in [1.807, 2.05) is 0 Å². The molecule has 0 spiro atoms. The van der Waals surface area contributed by atoms with Crippen LogP contribution in [0.4, 0.5) is 0 Å². The van der Waals surface area contributed by atoms with Gasteiger partial charge in [-0.15, -0.1) is 0 Å². The minimum Gasteiger partial charge on any atom is -0.0622 e. The van der Waals surface area contributed by atoms with Crippen molar-refractivity contribution in [1.82, 2.24) is 0 Å². The first kappa shape index (κ1) is 12.1. The minimum atomic E-state index is 0.519. The normalized spacial score (nSPS) is 49.1. The van der Waals surface area contributed by atoms with Crippen LogP contribution in [0.15, 0.2) is 0 Å². The molecule has 4 aliphatic carbocycles. The first-order valence-electron chi connectivity index (χ1n) is 7.76. The third kappa shape index (κ3) is 1.55. The van der Waals surface area contributed by atoms with Crippen molar-refractivity contribution in [2.24, 2.45) is 34.0 Å². The highest BCUT2D eigenvalue weighted by atomic mass is 14.7. The van der Waals surface area contributed by atoms with Crippen molar-refractivity contribution < 1.29 is 0 Å². The van der Waals surface area contributed by atoms with Gasteiger partial charge in [0.05, 0.1) is 0 Å². The van der Waals surface area contributed by atoms with Crippen LogP contribution < -0.4 is 0 Å². The Bertz CT molecular complexity index is 303. The molecule has 4 bridgehead atoms. The summed E-state index contributed by atoms with van der Waals surface area (Å²) in [6, 6.07) is 0. The van der Waals surface area contributed by atoms with Gasteiger partial charge in [0, 0.05) is 0 Å². The Labute approximate surface area is 108 Å². The van der Waals surface area contributed by atoms with E-state index in [2.05, 4.69) is 34.6 Å². The molecule has 0 nitrogen and oxygen atoms in total. The van der Waals surface area contributed by atoms with Crippen LogP contribution in [-0.4, -0.2) is 0 Å². The third-order valence-electron chi connectivity index (χ3n) is 6.92. The second kappa shape index (κ2) is 3.31. The third-order valence-corrected chi connectivity index (χ3v) is 6.92. The largest absolute Gasteiger partial charge is 0.0622 e. The van der Waals surface area contributed by atoms with Crippen molar-refractivity contribution in [3.8, 4) is 0 Å². The van der Waals surface area contributed by atoms with E-state index in [-0.39, 0.29) is 0 Å². The molecule has 4 saturated carbocycles. The van der Waals surface area contributed by atoms with Crippen molar-refractivity contribution in [3.05, 3.63) is 0 Å². The van der Waals surface area contributed by atoms with E-state index in [0.29, 0.717) is 10.8 Å². The molecule has 0 radical (unpaired) electrons. The van der Waals surface area contributed by atoms with Gasteiger partial charge in [0.25, 0.3) is 0 Å². The van der Waals surface area contributed by atoms with Crippen molar-refractivity contribution in [1.29, 1.82) is 0 Å². The van der Waals surface area contributed by atoms with Gasteiger partial charge in [-0.2, -0.15) is 0 Å². The molecule has 98 valence electrons. The monoisotopic (exact) mass is 234 g/mol. The van der Waals surface area contributed by atoms with Gasteiger partial charge in [-0.3, -0.25) is 0 Å². The summed E-state index contributed by atoms with van der Waals surface area (Å²) in [5.41, 5.74) is 1.92. The zero-order chi connectivity index (χ0) is 12.5. The Morgan fingerprint density at radius 2 is 1.47 bits per heavy atom. The number of hydrogen-bond donors (Lipinski definition) is 0. The maximum Gasteiger partial charge on any atom is -0.0238 e. The molecule has 0 heteroatoms. The molecule has 0 amide bonds. The Balaban J connectivity index is 2.00. The second-order valence-electron chi connectivity index (χ2n) is 9.01. The summed E-state index contributed by atoms with van der Waals surface area (Å²) < 4.78 is 0. The van der Waals surface area contributed by atoms with Crippen molar-refractivity contribution >= 4 is 0 Å². The number of rotatable bonds is 1. The van der Waals surface area contributed by atoms with Crippen LogP contribution in [0.25, 0.3) is 0 Å². The smallest absolute Gasteiger partial charge is 0.0238 e. The van der Waals surface area contributed by atoms with E-state index >= 15 is 0 Å². The van der Waals surface area contributed by atoms with Crippen LogP contribution >= 0.6 is 0 Å². The zero-order valence-electron chi connectivity index (χ0n) is 12.5. The van der Waals surface area contributed by atoms with Gasteiger partial charge in [0.15, 0.2) is 0 Å². The van der Waals surface area contributed by atoms with Crippen LogP contribution in [0.3, 0.4) is 0 Å². The molecule has 0 saturated heterocycles. The molecule has 0 aromatic rings. The van der Waals surface area contributed by atoms with Crippen molar-refractivity contribution in [2.75, 3.05) is 0 Å². The minimum absolute atomic E-state index is 0.519. The first-order valence-corrected chi connectivity index (χ1v) is 7.76. The molecule has 2 atom stereocenters. The maximum absolute atomic E-state index is 2.51. The highest BCUT2D eigenvalue weighted by Gasteiger charge is 2.61. The van der Waals surface area contributed by atoms with Crippen LogP contribution in [0.2, 0.25) is 0 Å². The summed E-state index contributed by atoms with van der Waals surface area (Å²) in [5, 5.41) is 0. The lowest BCUT2D eigenvalue weighted by Gasteiger charge is -2.67. The second-order valence-corrected chi connectivity index (χ2v) is 9.01. The average Bonchev–Trinajstić information content (AvgIpc) is 2.13. The van der Waals surface area contributed by atoms with E-state index in [1.165, 1.54) is 6.42 Å². The summed E-state index contributed by atoms with van der Waals surface area (Å²) >= 11 is 0. The van der Waals surface area contributed by atoms with Crippen LogP contribution in [0.1, 0.15) is 73.1 Å². The molecule has 2 unspecified atom stereocenters. The van der Waals surface area contributed by atoms with Crippen molar-refractivity contribution in [2.45, 2.75) is 73.1 Å². The molecule has 0 aliphatic heterocycles. The average molecular weight is 234 g/mol. The fraction of sp³-hybridized carbons (Fsp3) is 1.00. The summed E-state index contributed by atoms with van der Waals surface area (Å²) in [6.07, 6.45) is 9.29. The van der Waals surface area contributed by atoms with Crippen LogP contribution in [0, 0.1) is 34.0 Å². The molecule has 0 N–H and O–H groups in total. The highest BCUT2D eigenvalue weighted by molar-refractivity contribution is 5.11. The van der Waals surface area contributed by atoms with E-state index in [4.69, 9.17) is 0 Å². The Morgan fingerprint density at radius 1 is 0.941 bits per heavy atom. The topological polar surface area (TPSA) is 0 Å². The molecule has 0 aromatic heterocycles. The fourth-order valence-corrected chi connectivity index (χ4v) is 5.89. The summed E-state index contributed by atoms with van der Waals surface area (Å²) in [5.74, 6) is 3.03. The molecule has 17 heavy (non-hydrogen) atoms. The van der Waals surface area contributed by atoms with Gasteiger partial charge < -0.3 is 0 Å². The number of hydrogen-bond acceptors (Lipinski definition) is 0. The van der Waals surface area contributed by atoms with E-state index < -0.39 is 0 Å². The fourth-order valence-electron chi connectivity index (χ4n) is 5.89. The van der Waals surface area contributed by atoms with Gasteiger partial charge >= 0.3 is 0 Å². The summed E-state index contributed by atoms with van der Waals surface area (Å²) in [4.78, 5) is 0. The van der Waals surface area contributed by atoms with Crippen LogP contribution in [-0.2, 0) is 0 Å². The van der Waals surface area contributed by atoms with Gasteiger partial charge in [-0.05, 0) is 72.5 Å². The lowest BCUT2D eigenvalue weighted by Crippen LogP contribution is -2.57. The van der Waals surface area contributed by atoms with Crippen molar-refractivity contribution in [3.63, 3.8) is 0 Å². The SMILES string of the molecule is CC(C)C12CC3CC(C1)CC(C(C)(C)C)(C3)C2. The summed E-state index contributed by atoms with van der Waals surface area (Å²) in [7, 11) is 0. The van der Waals surface area contributed by atoms with Gasteiger partial charge in [0.1, 0.15) is 0 Å². The molecule has 0 heterocycles. The molecule has 4 aliphatic rings. The van der Waals surface area contributed by atoms with Gasteiger partial charge in [-0.1, -0.05) is 34.6 Å². The lowest BCUT2D eigenvalue weighted by atomic mass is 9.38. The molecule has 4 rings (SSSR count). The van der Waals surface area contributed by atoms with Gasteiger partial charge in [0.2, 0.25) is 0 Å². The van der Waals surface area contributed by atoms with Crippen LogP contribution in [0.5, 0.6) is 0 Å². The molecular weight excluding hydrogens is 204 g/mol. The maximum atomic E-state index is 2.51. The molecule has 0 aromatic carbocycles.